The summed E-state index contributed by atoms with van der Waals surface area (Å²) in [6.07, 6.45) is 3.11. The van der Waals surface area contributed by atoms with Crippen molar-refractivity contribution in [3.05, 3.63) is 39.2 Å². The molecule has 9 heteroatoms. The van der Waals surface area contributed by atoms with Crippen LogP contribution in [-0.4, -0.2) is 32.2 Å². The van der Waals surface area contributed by atoms with Crippen molar-refractivity contribution in [3.63, 3.8) is 0 Å². The van der Waals surface area contributed by atoms with Crippen molar-refractivity contribution >= 4 is 34.4 Å². The Balaban J connectivity index is 2.98. The van der Waals surface area contributed by atoms with Crippen molar-refractivity contribution in [3.8, 4) is 0 Å². The summed E-state index contributed by atoms with van der Waals surface area (Å²) in [6.45, 7) is 1.46. The summed E-state index contributed by atoms with van der Waals surface area (Å²) in [7, 11) is 0. The van der Waals surface area contributed by atoms with Gasteiger partial charge in [-0.15, -0.1) is 0 Å². The SMILES string of the molecule is CS/C(=N/[N+](=O)[O-])N(Cc1ccc(Cl)nc1)C(C)=O. The molecular formula is C10H11ClN4O3S. The number of nitrogens with zero attached hydrogens (tertiary/aromatic N) is 4. The van der Waals surface area contributed by atoms with Gasteiger partial charge in [0.25, 0.3) is 0 Å². The average Bonchev–Trinajstić information content (AvgIpc) is 2.35. The number of aromatic nitrogens is 1. The van der Waals surface area contributed by atoms with E-state index in [1.807, 2.05) is 0 Å². The van der Waals surface area contributed by atoms with E-state index in [0.717, 1.165) is 11.8 Å². The molecule has 1 heterocycles. The smallest absolute Gasteiger partial charge is 0.244 e. The van der Waals surface area contributed by atoms with Gasteiger partial charge in [-0.3, -0.25) is 9.69 Å². The van der Waals surface area contributed by atoms with Crippen molar-refractivity contribution in [2.75, 3.05) is 6.26 Å². The highest BCUT2D eigenvalue weighted by Gasteiger charge is 2.19. The summed E-state index contributed by atoms with van der Waals surface area (Å²) in [5, 5.41) is 13.1. The molecule has 0 bridgehead atoms. The number of halogens is 1. The quantitative estimate of drug-likeness (QED) is 0.280. The van der Waals surface area contributed by atoms with E-state index in [9.17, 15) is 14.9 Å². The van der Waals surface area contributed by atoms with Gasteiger partial charge in [0, 0.05) is 13.1 Å². The third-order valence-electron chi connectivity index (χ3n) is 2.09. The Morgan fingerprint density at radius 2 is 2.32 bits per heavy atom. The summed E-state index contributed by atoms with van der Waals surface area (Å²) < 4.78 is 0. The molecule has 1 aromatic heterocycles. The molecule has 0 saturated heterocycles. The van der Waals surface area contributed by atoms with E-state index in [-0.39, 0.29) is 17.6 Å². The van der Waals surface area contributed by atoms with Crippen LogP contribution in [0.25, 0.3) is 0 Å². The largest absolute Gasteiger partial charge is 0.282 e. The van der Waals surface area contributed by atoms with Crippen LogP contribution in [0.1, 0.15) is 12.5 Å². The standard InChI is InChI=1S/C10H11ClN4O3S/c1-7(16)14(10(19-2)13-15(17)18)6-8-3-4-9(11)12-5-8/h3-5H,6H2,1-2H3/b13-10+. The van der Waals surface area contributed by atoms with E-state index in [4.69, 9.17) is 11.6 Å². The number of hydrogen-bond acceptors (Lipinski definition) is 5. The lowest BCUT2D eigenvalue weighted by Gasteiger charge is -2.19. The highest BCUT2D eigenvalue weighted by Crippen LogP contribution is 2.13. The van der Waals surface area contributed by atoms with Crippen molar-refractivity contribution in [2.24, 2.45) is 5.10 Å². The van der Waals surface area contributed by atoms with Crippen LogP contribution in [0.15, 0.2) is 23.4 Å². The minimum Gasteiger partial charge on any atom is -0.282 e. The van der Waals surface area contributed by atoms with Crippen LogP contribution in [0.5, 0.6) is 0 Å². The number of nitro groups is 1. The van der Waals surface area contributed by atoms with Gasteiger partial charge in [-0.2, -0.15) is 0 Å². The zero-order valence-electron chi connectivity index (χ0n) is 10.2. The van der Waals surface area contributed by atoms with Crippen LogP contribution >= 0.6 is 23.4 Å². The maximum atomic E-state index is 11.6. The number of pyridine rings is 1. The molecule has 0 atom stereocenters. The van der Waals surface area contributed by atoms with Gasteiger partial charge in [-0.1, -0.05) is 29.4 Å². The van der Waals surface area contributed by atoms with Crippen LogP contribution in [0.4, 0.5) is 0 Å². The van der Waals surface area contributed by atoms with Crippen LogP contribution < -0.4 is 0 Å². The summed E-state index contributed by atoms with van der Waals surface area (Å²) >= 11 is 6.68. The van der Waals surface area contributed by atoms with Crippen LogP contribution in [0.3, 0.4) is 0 Å². The molecule has 1 rings (SSSR count). The van der Waals surface area contributed by atoms with Gasteiger partial charge in [-0.05, 0) is 17.9 Å². The topological polar surface area (TPSA) is 88.7 Å². The highest BCUT2D eigenvalue weighted by molar-refractivity contribution is 8.13. The second kappa shape index (κ2) is 7.05. The molecule has 0 aliphatic heterocycles. The lowest BCUT2D eigenvalue weighted by atomic mass is 10.3. The fourth-order valence-electron chi connectivity index (χ4n) is 1.27. The highest BCUT2D eigenvalue weighted by atomic mass is 35.5. The first-order valence-electron chi connectivity index (χ1n) is 5.09. The Kier molecular flexibility index (Phi) is 5.71. The predicted molar refractivity (Wildman–Crippen MR) is 73.4 cm³/mol. The summed E-state index contributed by atoms with van der Waals surface area (Å²) in [5.41, 5.74) is 0.699. The Hall–Kier alpha value is -1.67. The summed E-state index contributed by atoms with van der Waals surface area (Å²) in [5.74, 6) is -0.343. The molecule has 0 aliphatic carbocycles. The monoisotopic (exact) mass is 302 g/mol. The molecule has 102 valence electrons. The van der Waals surface area contributed by atoms with Gasteiger partial charge < -0.3 is 0 Å². The first-order valence-corrected chi connectivity index (χ1v) is 6.70. The number of hydrogen-bond donors (Lipinski definition) is 0. The molecular weight excluding hydrogens is 292 g/mol. The van der Waals surface area contributed by atoms with Gasteiger partial charge in [0.2, 0.25) is 11.1 Å². The molecule has 7 nitrogen and oxygen atoms in total. The number of thioether (sulfide) groups is 1. The fraction of sp³-hybridized carbons (Fsp3) is 0.300. The third-order valence-corrected chi connectivity index (χ3v) is 2.98. The molecule has 1 amide bonds. The molecule has 0 aliphatic rings. The van der Waals surface area contributed by atoms with Crippen molar-refractivity contribution in [2.45, 2.75) is 13.5 Å². The Morgan fingerprint density at radius 3 is 2.74 bits per heavy atom. The predicted octanol–water partition coefficient (Wildman–Crippen LogP) is 1.99. The molecule has 0 spiro atoms. The second-order valence-electron chi connectivity index (χ2n) is 3.42. The molecule has 19 heavy (non-hydrogen) atoms. The van der Waals surface area contributed by atoms with Crippen LogP contribution in [0.2, 0.25) is 5.15 Å². The minimum absolute atomic E-state index is 0.0208. The minimum atomic E-state index is -0.831. The van der Waals surface area contributed by atoms with Crippen molar-refractivity contribution in [1.82, 2.24) is 9.88 Å². The normalized spacial score (nSPS) is 11.2. The molecule has 1 aromatic rings. The van der Waals surface area contributed by atoms with Gasteiger partial charge in [-0.25, -0.2) is 15.1 Å². The van der Waals surface area contributed by atoms with Gasteiger partial charge in [0.1, 0.15) is 5.15 Å². The van der Waals surface area contributed by atoms with E-state index in [2.05, 4.69) is 10.1 Å². The number of hydrazone groups is 1. The van der Waals surface area contributed by atoms with E-state index < -0.39 is 5.03 Å². The maximum absolute atomic E-state index is 11.6. The Morgan fingerprint density at radius 1 is 1.63 bits per heavy atom. The second-order valence-corrected chi connectivity index (χ2v) is 4.58. The van der Waals surface area contributed by atoms with Crippen LogP contribution in [-0.2, 0) is 11.3 Å². The average molecular weight is 303 g/mol. The number of carbonyl (C=O) groups is 1. The number of rotatable bonds is 3. The van der Waals surface area contributed by atoms with Crippen LogP contribution in [0, 0.1) is 10.1 Å². The van der Waals surface area contributed by atoms with E-state index in [1.165, 1.54) is 18.0 Å². The van der Waals surface area contributed by atoms with Gasteiger partial charge >= 0.3 is 0 Å². The van der Waals surface area contributed by atoms with Gasteiger partial charge in [0.05, 0.1) is 11.6 Å². The molecule has 0 N–H and O–H groups in total. The number of carbonyl (C=O) groups excluding carboxylic acids is 1. The summed E-state index contributed by atoms with van der Waals surface area (Å²) in [4.78, 5) is 27.1. The van der Waals surface area contributed by atoms with E-state index in [1.54, 1.807) is 18.4 Å². The Labute approximate surface area is 118 Å². The Bertz CT molecular complexity index is 506. The lowest BCUT2D eigenvalue weighted by molar-refractivity contribution is -0.485. The summed E-state index contributed by atoms with van der Waals surface area (Å²) in [6, 6.07) is 3.27. The van der Waals surface area contributed by atoms with Crippen molar-refractivity contribution < 1.29 is 9.83 Å². The zero-order chi connectivity index (χ0) is 14.4. The third kappa shape index (κ3) is 4.84. The number of amides is 1. The number of amidine groups is 1. The molecule has 0 aromatic carbocycles. The van der Waals surface area contributed by atoms with E-state index in [0.29, 0.717) is 10.7 Å². The molecule has 0 unspecified atom stereocenters. The first kappa shape index (κ1) is 15.4. The first-order chi connectivity index (χ1) is 8.93. The molecule has 0 saturated carbocycles. The van der Waals surface area contributed by atoms with Crippen molar-refractivity contribution in [1.29, 1.82) is 0 Å². The van der Waals surface area contributed by atoms with Gasteiger partial charge in [0.15, 0.2) is 5.03 Å². The molecule has 0 fully saturated rings. The lowest BCUT2D eigenvalue weighted by Crippen LogP contribution is -2.33. The fourth-order valence-corrected chi connectivity index (χ4v) is 1.94. The van der Waals surface area contributed by atoms with E-state index >= 15 is 0 Å². The maximum Gasteiger partial charge on any atom is 0.244 e. The molecule has 0 radical (unpaired) electrons. The zero-order valence-corrected chi connectivity index (χ0v) is 11.8.